The second kappa shape index (κ2) is 7.26. The first-order valence-electron chi connectivity index (χ1n) is 9.26. The van der Waals surface area contributed by atoms with Gasteiger partial charge in [-0.1, -0.05) is 24.3 Å². The largest absolute Gasteiger partial charge is 0.331 e. The summed E-state index contributed by atoms with van der Waals surface area (Å²) in [6.07, 6.45) is 6.47. The number of likely N-dealkylation sites (tertiary alicyclic amines) is 2. The topological polar surface area (TPSA) is 36.4 Å². The molecule has 4 rings (SSSR count). The first-order valence-corrected chi connectivity index (χ1v) is 10.1. The fraction of sp³-hybridized carbons (Fsp3) is 0.500. The number of rotatable bonds is 4. The zero-order valence-corrected chi connectivity index (χ0v) is 15.6. The Hall–Kier alpha value is -1.72. The highest BCUT2D eigenvalue weighted by Crippen LogP contribution is 2.35. The van der Waals surface area contributed by atoms with E-state index in [1.807, 2.05) is 0 Å². The number of hydrogen-bond donors (Lipinski definition) is 0. The Labute approximate surface area is 153 Å². The van der Waals surface area contributed by atoms with E-state index in [1.54, 1.807) is 17.5 Å². The van der Waals surface area contributed by atoms with Crippen LogP contribution in [0.2, 0.25) is 0 Å². The first kappa shape index (κ1) is 16.7. The van der Waals surface area contributed by atoms with Gasteiger partial charge in [0.2, 0.25) is 0 Å². The highest BCUT2D eigenvalue weighted by Gasteiger charge is 2.32. The average Bonchev–Trinajstić information content (AvgIpc) is 3.37. The van der Waals surface area contributed by atoms with Crippen molar-refractivity contribution in [1.29, 1.82) is 0 Å². The Morgan fingerprint density at radius 1 is 1.20 bits per heavy atom. The van der Waals surface area contributed by atoms with Gasteiger partial charge in [0.1, 0.15) is 9.88 Å². The third kappa shape index (κ3) is 3.48. The van der Waals surface area contributed by atoms with Gasteiger partial charge < -0.3 is 4.90 Å². The van der Waals surface area contributed by atoms with E-state index in [-0.39, 0.29) is 11.9 Å². The number of aryl methyl sites for hydroxylation is 1. The summed E-state index contributed by atoms with van der Waals surface area (Å²) in [5, 5.41) is 1.07. The fourth-order valence-corrected chi connectivity index (χ4v) is 4.97. The molecule has 132 valence electrons. The van der Waals surface area contributed by atoms with Crippen LogP contribution in [0.5, 0.6) is 0 Å². The molecule has 2 aliphatic heterocycles. The normalized spacial score (nSPS) is 21.2. The van der Waals surface area contributed by atoms with E-state index >= 15 is 0 Å². The van der Waals surface area contributed by atoms with Crippen LogP contribution in [0.3, 0.4) is 0 Å². The molecule has 0 N–H and O–H groups in total. The number of carbonyl (C=O) groups is 1. The number of benzene rings is 1. The maximum Gasteiger partial charge on any atom is 0.266 e. The van der Waals surface area contributed by atoms with Crippen LogP contribution in [0.1, 0.15) is 57.5 Å². The number of carbonyl (C=O) groups excluding carboxylic acids is 1. The number of nitrogens with zero attached hydrogens (tertiary/aromatic N) is 3. The van der Waals surface area contributed by atoms with Gasteiger partial charge in [0.15, 0.2) is 0 Å². The number of amides is 1. The number of thiazole rings is 1. The van der Waals surface area contributed by atoms with E-state index in [1.165, 1.54) is 24.0 Å². The highest BCUT2D eigenvalue weighted by molar-refractivity contribution is 7.13. The second-order valence-corrected chi connectivity index (χ2v) is 8.23. The van der Waals surface area contributed by atoms with Crippen LogP contribution in [-0.2, 0) is 6.54 Å². The van der Waals surface area contributed by atoms with E-state index in [0.29, 0.717) is 0 Å². The third-order valence-corrected chi connectivity index (χ3v) is 6.35. The van der Waals surface area contributed by atoms with E-state index in [9.17, 15) is 4.79 Å². The van der Waals surface area contributed by atoms with Crippen LogP contribution >= 0.6 is 11.3 Å². The van der Waals surface area contributed by atoms with E-state index in [4.69, 9.17) is 0 Å². The molecule has 5 heteroatoms. The molecule has 1 aromatic heterocycles. The maximum absolute atomic E-state index is 13.1. The Morgan fingerprint density at radius 2 is 2.00 bits per heavy atom. The molecule has 4 nitrogen and oxygen atoms in total. The molecule has 1 unspecified atom stereocenters. The molecule has 1 aromatic carbocycles. The van der Waals surface area contributed by atoms with Gasteiger partial charge in [-0.15, -0.1) is 11.3 Å². The molecule has 3 heterocycles. The number of aromatic nitrogens is 1. The maximum atomic E-state index is 13.1. The summed E-state index contributed by atoms with van der Waals surface area (Å²) in [5.74, 6) is 0.149. The summed E-state index contributed by atoms with van der Waals surface area (Å²) >= 11 is 1.57. The predicted molar refractivity (Wildman–Crippen MR) is 101 cm³/mol. The van der Waals surface area contributed by atoms with Gasteiger partial charge in [0, 0.05) is 6.54 Å². The molecule has 0 radical (unpaired) electrons. The lowest BCUT2D eigenvalue weighted by atomic mass is 9.99. The molecular weight excluding hydrogens is 330 g/mol. The monoisotopic (exact) mass is 355 g/mol. The first-order chi connectivity index (χ1) is 12.2. The zero-order valence-electron chi connectivity index (χ0n) is 14.8. The summed E-state index contributed by atoms with van der Waals surface area (Å²) in [5.41, 5.74) is 2.56. The van der Waals surface area contributed by atoms with Crippen molar-refractivity contribution < 1.29 is 4.79 Å². The highest BCUT2D eigenvalue weighted by atomic mass is 32.1. The number of hydrogen-bond acceptors (Lipinski definition) is 4. The van der Waals surface area contributed by atoms with Crippen molar-refractivity contribution in [3.05, 3.63) is 51.5 Å². The van der Waals surface area contributed by atoms with Crippen LogP contribution in [0, 0.1) is 6.92 Å². The van der Waals surface area contributed by atoms with Gasteiger partial charge in [-0.25, -0.2) is 4.98 Å². The average molecular weight is 356 g/mol. The van der Waals surface area contributed by atoms with Gasteiger partial charge in [-0.3, -0.25) is 9.69 Å². The Bertz CT molecular complexity index is 751. The van der Waals surface area contributed by atoms with E-state index in [0.717, 1.165) is 48.9 Å². The van der Waals surface area contributed by atoms with Crippen LogP contribution in [0.4, 0.5) is 0 Å². The fourth-order valence-electron chi connectivity index (χ4n) is 4.05. The van der Waals surface area contributed by atoms with Crippen LogP contribution < -0.4 is 0 Å². The summed E-state index contributed by atoms with van der Waals surface area (Å²) in [4.78, 5) is 22.9. The Balaban J connectivity index is 1.50. The summed E-state index contributed by atoms with van der Waals surface area (Å²) in [7, 11) is 0. The molecule has 0 bridgehead atoms. The van der Waals surface area contributed by atoms with Gasteiger partial charge >= 0.3 is 0 Å². The van der Waals surface area contributed by atoms with Crippen molar-refractivity contribution in [3.63, 3.8) is 0 Å². The third-order valence-electron chi connectivity index (χ3n) is 5.38. The Kier molecular flexibility index (Phi) is 4.86. The summed E-state index contributed by atoms with van der Waals surface area (Å²) in [6.45, 7) is 6.18. The smallest absolute Gasteiger partial charge is 0.266 e. The summed E-state index contributed by atoms with van der Waals surface area (Å²) in [6, 6.07) is 8.64. The minimum absolute atomic E-state index is 0.149. The SMILES string of the molecule is Cc1ccccc1C1CCCN1C(=O)c1cnc(CN2CCCC2)s1. The van der Waals surface area contributed by atoms with Gasteiger partial charge in [0.05, 0.1) is 18.8 Å². The molecule has 2 saturated heterocycles. The van der Waals surface area contributed by atoms with Crippen molar-refractivity contribution in [2.24, 2.45) is 0 Å². The lowest BCUT2D eigenvalue weighted by Gasteiger charge is -2.25. The van der Waals surface area contributed by atoms with Crippen LogP contribution in [0.25, 0.3) is 0 Å². The minimum Gasteiger partial charge on any atom is -0.331 e. The van der Waals surface area contributed by atoms with E-state index in [2.05, 4.69) is 46.0 Å². The molecule has 0 aliphatic carbocycles. The minimum atomic E-state index is 0.149. The molecule has 2 fully saturated rings. The van der Waals surface area contributed by atoms with Gasteiger partial charge in [0.25, 0.3) is 5.91 Å². The molecule has 1 atom stereocenters. The molecule has 1 amide bonds. The van der Waals surface area contributed by atoms with Crippen LogP contribution in [0.15, 0.2) is 30.5 Å². The van der Waals surface area contributed by atoms with E-state index < -0.39 is 0 Å². The molecule has 25 heavy (non-hydrogen) atoms. The molecule has 0 saturated carbocycles. The molecular formula is C20H25N3OS. The van der Waals surface area contributed by atoms with Crippen molar-refractivity contribution in [1.82, 2.24) is 14.8 Å². The van der Waals surface area contributed by atoms with Gasteiger partial charge in [-0.05, 0) is 56.8 Å². The van der Waals surface area contributed by atoms with Crippen molar-refractivity contribution >= 4 is 17.2 Å². The lowest BCUT2D eigenvalue weighted by molar-refractivity contribution is 0.0740. The Morgan fingerprint density at radius 3 is 2.80 bits per heavy atom. The van der Waals surface area contributed by atoms with Crippen molar-refractivity contribution in [2.45, 2.75) is 45.2 Å². The molecule has 2 aromatic rings. The van der Waals surface area contributed by atoms with Crippen LogP contribution in [-0.4, -0.2) is 40.3 Å². The van der Waals surface area contributed by atoms with Crippen molar-refractivity contribution in [2.75, 3.05) is 19.6 Å². The zero-order chi connectivity index (χ0) is 17.2. The quantitative estimate of drug-likeness (QED) is 0.831. The summed E-state index contributed by atoms with van der Waals surface area (Å²) < 4.78 is 0. The molecule has 2 aliphatic rings. The standard InChI is InChI=1S/C20H25N3OS/c1-15-7-2-3-8-16(15)17-9-6-12-23(17)20(24)18-13-21-19(25-18)14-22-10-4-5-11-22/h2-3,7-8,13,17H,4-6,9-12,14H2,1H3. The van der Waals surface area contributed by atoms with Gasteiger partial charge in [-0.2, -0.15) is 0 Å². The second-order valence-electron chi connectivity index (χ2n) is 7.11. The lowest BCUT2D eigenvalue weighted by Crippen LogP contribution is -2.30. The molecule has 0 spiro atoms. The predicted octanol–water partition coefficient (Wildman–Crippen LogP) is 4.02. The van der Waals surface area contributed by atoms with Crippen molar-refractivity contribution in [3.8, 4) is 0 Å².